The summed E-state index contributed by atoms with van der Waals surface area (Å²) in [6.45, 7) is 3.94. The van der Waals surface area contributed by atoms with Gasteiger partial charge in [0.05, 0.1) is 25.2 Å². The van der Waals surface area contributed by atoms with Crippen molar-refractivity contribution in [3.05, 3.63) is 0 Å². The van der Waals surface area contributed by atoms with Crippen molar-refractivity contribution in [1.82, 2.24) is 4.90 Å². The molecule has 1 aliphatic heterocycles. The van der Waals surface area contributed by atoms with Gasteiger partial charge in [0.15, 0.2) is 0 Å². The zero-order chi connectivity index (χ0) is 15.9. The first-order valence-corrected chi connectivity index (χ1v) is 9.54. The predicted molar refractivity (Wildman–Crippen MR) is 88.0 cm³/mol. The third-order valence-corrected chi connectivity index (χ3v) is 6.85. The summed E-state index contributed by atoms with van der Waals surface area (Å²) in [5, 5.41) is 0. The summed E-state index contributed by atoms with van der Waals surface area (Å²) in [6, 6.07) is 0. The van der Waals surface area contributed by atoms with Gasteiger partial charge in [-0.25, -0.2) is 0 Å². The summed E-state index contributed by atoms with van der Waals surface area (Å²) in [6.07, 6.45) is 8.87. The molecule has 0 radical (unpaired) electrons. The number of amides is 1. The minimum Gasteiger partial charge on any atom is -0.382 e. The highest BCUT2D eigenvalue weighted by molar-refractivity contribution is 5.83. The first-order valence-electron chi connectivity index (χ1n) is 9.54. The van der Waals surface area contributed by atoms with Crippen molar-refractivity contribution in [2.24, 2.45) is 29.1 Å². The highest BCUT2D eigenvalue weighted by Crippen LogP contribution is 2.60. The molecule has 1 amide bonds. The number of hydrogen-bond donors (Lipinski definition) is 0. The summed E-state index contributed by atoms with van der Waals surface area (Å²) >= 11 is 0. The standard InChI is InChI=1S/C19H31NO3/c1-22-4-5-23-13-14-2-3-20(12-14)18(21)19-9-15-6-16(10-19)8-17(7-15)11-19/h14-17H,2-13H2,1H3. The third kappa shape index (κ3) is 3.05. The molecule has 0 aromatic rings. The van der Waals surface area contributed by atoms with Crippen LogP contribution in [0.4, 0.5) is 0 Å². The number of hydrogen-bond acceptors (Lipinski definition) is 3. The third-order valence-electron chi connectivity index (χ3n) is 6.85. The van der Waals surface area contributed by atoms with Gasteiger partial charge in [-0.15, -0.1) is 0 Å². The number of carbonyl (C=O) groups excluding carboxylic acids is 1. The van der Waals surface area contributed by atoms with E-state index >= 15 is 0 Å². The molecule has 5 aliphatic rings. The van der Waals surface area contributed by atoms with Crippen LogP contribution in [0.5, 0.6) is 0 Å². The SMILES string of the molecule is COCCOCC1CCN(C(=O)C23CC4CC(CC(C4)C2)C3)C1. The van der Waals surface area contributed by atoms with E-state index in [0.29, 0.717) is 25.0 Å². The molecular formula is C19H31NO3. The lowest BCUT2D eigenvalue weighted by molar-refractivity contribution is -0.156. The van der Waals surface area contributed by atoms with E-state index in [1.54, 1.807) is 7.11 Å². The van der Waals surface area contributed by atoms with Crippen LogP contribution in [0.25, 0.3) is 0 Å². The zero-order valence-corrected chi connectivity index (χ0v) is 14.5. The van der Waals surface area contributed by atoms with Gasteiger partial charge >= 0.3 is 0 Å². The van der Waals surface area contributed by atoms with Gasteiger partial charge in [-0.2, -0.15) is 0 Å². The number of rotatable bonds is 6. The molecule has 1 saturated heterocycles. The van der Waals surface area contributed by atoms with E-state index in [-0.39, 0.29) is 5.41 Å². The average Bonchev–Trinajstić information content (AvgIpc) is 2.98. The smallest absolute Gasteiger partial charge is 0.228 e. The fourth-order valence-electron chi connectivity index (χ4n) is 6.25. The largest absolute Gasteiger partial charge is 0.382 e. The van der Waals surface area contributed by atoms with Crippen molar-refractivity contribution < 1.29 is 14.3 Å². The Morgan fingerprint density at radius 3 is 2.35 bits per heavy atom. The Balaban J connectivity index is 1.33. The molecule has 0 aromatic carbocycles. The Bertz CT molecular complexity index is 415. The number of nitrogens with zero attached hydrogens (tertiary/aromatic N) is 1. The Labute approximate surface area is 139 Å². The van der Waals surface area contributed by atoms with Crippen LogP contribution in [0, 0.1) is 29.1 Å². The number of carbonyl (C=O) groups is 1. The van der Waals surface area contributed by atoms with Gasteiger partial charge in [-0.1, -0.05) is 0 Å². The average molecular weight is 321 g/mol. The molecule has 4 heteroatoms. The monoisotopic (exact) mass is 321 g/mol. The molecule has 4 aliphatic carbocycles. The van der Waals surface area contributed by atoms with Crippen molar-refractivity contribution in [3.63, 3.8) is 0 Å². The minimum absolute atomic E-state index is 0.0283. The van der Waals surface area contributed by atoms with Crippen LogP contribution in [0.1, 0.15) is 44.9 Å². The summed E-state index contributed by atoms with van der Waals surface area (Å²) < 4.78 is 10.7. The maximum Gasteiger partial charge on any atom is 0.228 e. The molecule has 5 rings (SSSR count). The second-order valence-corrected chi connectivity index (χ2v) is 8.67. The van der Waals surface area contributed by atoms with Crippen LogP contribution in [0.2, 0.25) is 0 Å². The number of methoxy groups -OCH3 is 1. The van der Waals surface area contributed by atoms with E-state index in [0.717, 1.165) is 43.9 Å². The van der Waals surface area contributed by atoms with Crippen LogP contribution in [0.3, 0.4) is 0 Å². The Hall–Kier alpha value is -0.610. The summed E-state index contributed by atoms with van der Waals surface area (Å²) in [5.41, 5.74) is 0.0283. The lowest BCUT2D eigenvalue weighted by Crippen LogP contribution is -2.54. The van der Waals surface area contributed by atoms with Crippen molar-refractivity contribution in [2.75, 3.05) is 40.0 Å². The second kappa shape index (κ2) is 6.36. The van der Waals surface area contributed by atoms with Crippen LogP contribution >= 0.6 is 0 Å². The molecule has 130 valence electrons. The molecule has 1 unspecified atom stereocenters. The minimum atomic E-state index is 0.0283. The number of ether oxygens (including phenoxy) is 2. The summed E-state index contributed by atoms with van der Waals surface area (Å²) in [7, 11) is 1.70. The van der Waals surface area contributed by atoms with Gasteiger partial charge in [0, 0.05) is 26.1 Å². The Morgan fingerprint density at radius 1 is 1.09 bits per heavy atom. The maximum absolute atomic E-state index is 13.3. The van der Waals surface area contributed by atoms with E-state index < -0.39 is 0 Å². The van der Waals surface area contributed by atoms with Crippen molar-refractivity contribution in [1.29, 1.82) is 0 Å². The highest BCUT2D eigenvalue weighted by atomic mass is 16.5. The lowest BCUT2D eigenvalue weighted by atomic mass is 9.49. The second-order valence-electron chi connectivity index (χ2n) is 8.67. The van der Waals surface area contributed by atoms with Crippen molar-refractivity contribution in [2.45, 2.75) is 44.9 Å². The van der Waals surface area contributed by atoms with E-state index in [1.807, 2.05) is 0 Å². The molecule has 23 heavy (non-hydrogen) atoms. The molecule has 4 nitrogen and oxygen atoms in total. The Morgan fingerprint density at radius 2 is 1.74 bits per heavy atom. The fourth-order valence-corrected chi connectivity index (χ4v) is 6.25. The maximum atomic E-state index is 13.3. The van der Waals surface area contributed by atoms with Crippen LogP contribution in [0.15, 0.2) is 0 Å². The van der Waals surface area contributed by atoms with Crippen molar-refractivity contribution >= 4 is 5.91 Å². The molecule has 4 bridgehead atoms. The highest BCUT2D eigenvalue weighted by Gasteiger charge is 2.55. The van der Waals surface area contributed by atoms with Gasteiger partial charge < -0.3 is 14.4 Å². The molecule has 0 N–H and O–H groups in total. The van der Waals surface area contributed by atoms with Crippen LogP contribution in [-0.4, -0.2) is 50.8 Å². The van der Waals surface area contributed by atoms with Gasteiger partial charge in [0.1, 0.15) is 0 Å². The molecular weight excluding hydrogens is 290 g/mol. The summed E-state index contributed by atoms with van der Waals surface area (Å²) in [4.78, 5) is 15.5. The predicted octanol–water partition coefficient (Wildman–Crippen LogP) is 2.71. The van der Waals surface area contributed by atoms with E-state index in [1.165, 1.54) is 38.5 Å². The van der Waals surface area contributed by atoms with E-state index in [2.05, 4.69) is 4.90 Å². The van der Waals surface area contributed by atoms with Crippen molar-refractivity contribution in [3.8, 4) is 0 Å². The Kier molecular flexibility index (Phi) is 4.39. The quantitative estimate of drug-likeness (QED) is 0.706. The van der Waals surface area contributed by atoms with E-state index in [9.17, 15) is 4.79 Å². The molecule has 0 aromatic heterocycles. The van der Waals surface area contributed by atoms with Gasteiger partial charge in [0.25, 0.3) is 0 Å². The topological polar surface area (TPSA) is 38.8 Å². The van der Waals surface area contributed by atoms with Gasteiger partial charge in [-0.05, 0) is 62.7 Å². The van der Waals surface area contributed by atoms with Gasteiger partial charge in [-0.3, -0.25) is 4.79 Å². The molecule has 4 saturated carbocycles. The fraction of sp³-hybridized carbons (Fsp3) is 0.947. The molecule has 1 atom stereocenters. The lowest BCUT2D eigenvalue weighted by Gasteiger charge is -2.56. The molecule has 5 fully saturated rings. The summed E-state index contributed by atoms with van der Waals surface area (Å²) in [5.74, 6) is 3.56. The molecule has 1 heterocycles. The first-order chi connectivity index (χ1) is 11.2. The molecule has 0 spiro atoms. The van der Waals surface area contributed by atoms with E-state index in [4.69, 9.17) is 9.47 Å². The zero-order valence-electron chi connectivity index (χ0n) is 14.5. The van der Waals surface area contributed by atoms with Crippen LogP contribution in [-0.2, 0) is 14.3 Å². The first kappa shape index (κ1) is 15.9. The normalized spacial score (nSPS) is 41.7. The van der Waals surface area contributed by atoms with Gasteiger partial charge in [0.2, 0.25) is 5.91 Å². The van der Waals surface area contributed by atoms with Crippen LogP contribution < -0.4 is 0 Å². The number of likely N-dealkylation sites (tertiary alicyclic amines) is 1.